The number of urea groups is 1. The van der Waals surface area contributed by atoms with Gasteiger partial charge in [0.25, 0.3) is 0 Å². The fourth-order valence-electron chi connectivity index (χ4n) is 3.78. The molecule has 36 heavy (non-hydrogen) atoms. The molecule has 2 N–H and O–H groups in total. The van der Waals surface area contributed by atoms with Crippen LogP contribution in [0.1, 0.15) is 43.2 Å². The Labute approximate surface area is 213 Å². The van der Waals surface area contributed by atoms with Crippen LogP contribution in [0.25, 0.3) is 5.69 Å². The quantitative estimate of drug-likeness (QED) is 0.453. The SMILES string of the molecule is COCCN(CC(=O)Nc1cc(C(C)(C)C)nn1-c1ccc(C)cc1C)C(=O)Nc1ccccc1C. The summed E-state index contributed by atoms with van der Waals surface area (Å²) < 4.78 is 6.93. The summed E-state index contributed by atoms with van der Waals surface area (Å²) in [5.74, 6) is 0.236. The standard InChI is InChI=1S/C28H37N5O3/c1-19-12-13-23(21(3)16-19)33-25(17-24(31-33)28(4,5)6)30-26(34)18-32(14-15-36-7)27(35)29-22-11-9-8-10-20(22)2/h8-13,16-17H,14-15,18H2,1-7H3,(H,29,35)(H,30,34). The molecule has 3 aromatic rings. The molecule has 0 spiro atoms. The molecule has 3 amide bonds. The molecule has 0 aliphatic rings. The van der Waals surface area contributed by atoms with Crippen LogP contribution in [0, 0.1) is 20.8 Å². The van der Waals surface area contributed by atoms with Crippen molar-refractivity contribution in [2.24, 2.45) is 0 Å². The topological polar surface area (TPSA) is 88.5 Å². The number of anilines is 2. The van der Waals surface area contributed by atoms with E-state index in [4.69, 9.17) is 9.84 Å². The molecule has 0 aliphatic heterocycles. The van der Waals surface area contributed by atoms with Gasteiger partial charge in [0, 0.05) is 30.8 Å². The highest BCUT2D eigenvalue weighted by Gasteiger charge is 2.24. The van der Waals surface area contributed by atoms with E-state index in [1.54, 1.807) is 11.8 Å². The van der Waals surface area contributed by atoms with Crippen LogP contribution in [0.5, 0.6) is 0 Å². The van der Waals surface area contributed by atoms with E-state index in [0.717, 1.165) is 28.1 Å². The normalized spacial score (nSPS) is 11.3. The van der Waals surface area contributed by atoms with Gasteiger partial charge in [-0.1, -0.05) is 56.7 Å². The molecule has 0 bridgehead atoms. The fourth-order valence-corrected chi connectivity index (χ4v) is 3.78. The first-order chi connectivity index (χ1) is 17.0. The van der Waals surface area contributed by atoms with Gasteiger partial charge in [0.2, 0.25) is 5.91 Å². The maximum Gasteiger partial charge on any atom is 0.322 e. The van der Waals surface area contributed by atoms with Gasteiger partial charge in [0.15, 0.2) is 0 Å². The number of carbonyl (C=O) groups is 2. The monoisotopic (exact) mass is 491 g/mol. The van der Waals surface area contributed by atoms with Crippen molar-refractivity contribution in [1.29, 1.82) is 0 Å². The molecule has 192 valence electrons. The van der Waals surface area contributed by atoms with Crippen molar-refractivity contribution in [2.75, 3.05) is 37.4 Å². The van der Waals surface area contributed by atoms with Gasteiger partial charge in [-0.25, -0.2) is 9.48 Å². The summed E-state index contributed by atoms with van der Waals surface area (Å²) in [5.41, 5.74) is 5.38. The minimum Gasteiger partial charge on any atom is -0.383 e. The van der Waals surface area contributed by atoms with Crippen LogP contribution in [0.15, 0.2) is 48.5 Å². The van der Waals surface area contributed by atoms with Crippen molar-refractivity contribution < 1.29 is 14.3 Å². The molecule has 0 saturated carbocycles. The van der Waals surface area contributed by atoms with Gasteiger partial charge in [-0.2, -0.15) is 5.10 Å². The van der Waals surface area contributed by atoms with E-state index in [0.29, 0.717) is 18.1 Å². The lowest BCUT2D eigenvalue weighted by atomic mass is 9.92. The number of para-hydroxylation sites is 1. The van der Waals surface area contributed by atoms with Crippen LogP contribution in [0.2, 0.25) is 0 Å². The second-order valence-corrected chi connectivity index (χ2v) is 10.1. The number of hydrogen-bond donors (Lipinski definition) is 2. The molecular weight excluding hydrogens is 454 g/mol. The molecule has 0 radical (unpaired) electrons. The third kappa shape index (κ3) is 6.73. The van der Waals surface area contributed by atoms with Crippen molar-refractivity contribution >= 4 is 23.4 Å². The Hall–Kier alpha value is -3.65. The Kier molecular flexibility index (Phi) is 8.53. The second kappa shape index (κ2) is 11.4. The first-order valence-electron chi connectivity index (χ1n) is 12.1. The third-order valence-electron chi connectivity index (χ3n) is 5.90. The summed E-state index contributed by atoms with van der Waals surface area (Å²) in [7, 11) is 1.56. The number of ether oxygens (including phenoxy) is 1. The maximum atomic E-state index is 13.2. The minimum absolute atomic E-state index is 0.135. The zero-order chi connectivity index (χ0) is 26.5. The second-order valence-electron chi connectivity index (χ2n) is 10.1. The smallest absolute Gasteiger partial charge is 0.322 e. The number of aromatic nitrogens is 2. The molecule has 0 fully saturated rings. The van der Waals surface area contributed by atoms with Gasteiger partial charge in [-0.05, 0) is 44.0 Å². The Balaban J connectivity index is 1.84. The Morgan fingerprint density at radius 3 is 2.36 bits per heavy atom. The van der Waals surface area contributed by atoms with Gasteiger partial charge in [-0.3, -0.25) is 4.79 Å². The van der Waals surface area contributed by atoms with Crippen molar-refractivity contribution in [3.8, 4) is 5.69 Å². The molecule has 0 unspecified atom stereocenters. The van der Waals surface area contributed by atoms with Crippen LogP contribution in [-0.4, -0.2) is 53.4 Å². The Morgan fingerprint density at radius 2 is 1.72 bits per heavy atom. The molecule has 0 aliphatic carbocycles. The average Bonchev–Trinajstić information content (AvgIpc) is 3.22. The fraction of sp³-hybridized carbons (Fsp3) is 0.393. The van der Waals surface area contributed by atoms with Crippen molar-refractivity contribution in [3.63, 3.8) is 0 Å². The minimum atomic E-state index is -0.366. The molecule has 8 nitrogen and oxygen atoms in total. The maximum absolute atomic E-state index is 13.2. The molecule has 3 rings (SSSR count). The lowest BCUT2D eigenvalue weighted by molar-refractivity contribution is -0.116. The Morgan fingerprint density at radius 1 is 1.00 bits per heavy atom. The number of hydrogen-bond acceptors (Lipinski definition) is 4. The molecule has 1 aromatic heterocycles. The summed E-state index contributed by atoms with van der Waals surface area (Å²) in [6.45, 7) is 12.7. The van der Waals surface area contributed by atoms with E-state index in [1.807, 2.05) is 63.2 Å². The summed E-state index contributed by atoms with van der Waals surface area (Å²) in [5, 5.41) is 10.7. The van der Waals surface area contributed by atoms with Crippen LogP contribution in [0.3, 0.4) is 0 Å². The number of benzene rings is 2. The van der Waals surface area contributed by atoms with Gasteiger partial charge in [0.05, 0.1) is 18.0 Å². The van der Waals surface area contributed by atoms with Crippen LogP contribution >= 0.6 is 0 Å². The lowest BCUT2D eigenvalue weighted by Crippen LogP contribution is -2.42. The predicted octanol–water partition coefficient (Wildman–Crippen LogP) is 5.21. The zero-order valence-corrected chi connectivity index (χ0v) is 22.3. The summed E-state index contributed by atoms with van der Waals surface area (Å²) in [6, 6.07) is 15.2. The predicted molar refractivity (Wildman–Crippen MR) is 144 cm³/mol. The van der Waals surface area contributed by atoms with Crippen LogP contribution in [-0.2, 0) is 14.9 Å². The Bertz CT molecular complexity index is 1230. The van der Waals surface area contributed by atoms with Gasteiger partial charge in [0.1, 0.15) is 12.4 Å². The van der Waals surface area contributed by atoms with E-state index in [-0.39, 0.29) is 30.4 Å². The molecule has 2 aromatic carbocycles. The summed E-state index contributed by atoms with van der Waals surface area (Å²) in [6.07, 6.45) is 0. The lowest BCUT2D eigenvalue weighted by Gasteiger charge is -2.23. The van der Waals surface area contributed by atoms with E-state index in [1.165, 1.54) is 4.90 Å². The highest BCUT2D eigenvalue weighted by Crippen LogP contribution is 2.28. The summed E-state index contributed by atoms with van der Waals surface area (Å²) in [4.78, 5) is 27.6. The van der Waals surface area contributed by atoms with Crippen molar-refractivity contribution in [3.05, 3.63) is 70.9 Å². The van der Waals surface area contributed by atoms with Crippen LogP contribution in [0.4, 0.5) is 16.3 Å². The number of methoxy groups -OCH3 is 1. The van der Waals surface area contributed by atoms with E-state index in [9.17, 15) is 9.59 Å². The van der Waals surface area contributed by atoms with Crippen molar-refractivity contribution in [1.82, 2.24) is 14.7 Å². The zero-order valence-electron chi connectivity index (χ0n) is 22.3. The number of nitrogens with one attached hydrogen (secondary N) is 2. The molecule has 0 atom stereocenters. The highest BCUT2D eigenvalue weighted by molar-refractivity contribution is 5.97. The summed E-state index contributed by atoms with van der Waals surface area (Å²) >= 11 is 0. The molecule has 8 heteroatoms. The van der Waals surface area contributed by atoms with Gasteiger partial charge < -0.3 is 20.3 Å². The first kappa shape index (κ1) is 26.9. The third-order valence-corrected chi connectivity index (χ3v) is 5.90. The molecular formula is C28H37N5O3. The van der Waals surface area contributed by atoms with Crippen molar-refractivity contribution in [2.45, 2.75) is 47.0 Å². The van der Waals surface area contributed by atoms with Crippen LogP contribution < -0.4 is 10.6 Å². The van der Waals surface area contributed by atoms with E-state index in [2.05, 4.69) is 37.5 Å². The molecule has 1 heterocycles. The number of nitrogens with zero attached hydrogens (tertiary/aromatic N) is 3. The average molecular weight is 492 g/mol. The largest absolute Gasteiger partial charge is 0.383 e. The highest BCUT2D eigenvalue weighted by atomic mass is 16.5. The van der Waals surface area contributed by atoms with E-state index < -0.39 is 0 Å². The number of carbonyl (C=O) groups excluding carboxylic acids is 2. The van der Waals surface area contributed by atoms with Gasteiger partial charge >= 0.3 is 6.03 Å². The first-order valence-corrected chi connectivity index (χ1v) is 12.1. The van der Waals surface area contributed by atoms with E-state index >= 15 is 0 Å². The number of aryl methyl sites for hydroxylation is 3. The molecule has 0 saturated heterocycles. The number of rotatable bonds is 8. The number of amides is 3. The van der Waals surface area contributed by atoms with Gasteiger partial charge in [-0.15, -0.1) is 0 Å².